The first-order valence-electron chi connectivity index (χ1n) is 7.84. The fourth-order valence-electron chi connectivity index (χ4n) is 5.09. The van der Waals surface area contributed by atoms with E-state index in [-0.39, 0.29) is 29.8 Å². The molecule has 0 aromatic heterocycles. The van der Waals surface area contributed by atoms with Gasteiger partial charge in [-0.25, -0.2) is 0 Å². The lowest BCUT2D eigenvalue weighted by Crippen LogP contribution is -2.42. The van der Waals surface area contributed by atoms with Crippen LogP contribution in [-0.4, -0.2) is 24.5 Å². The summed E-state index contributed by atoms with van der Waals surface area (Å²) in [6, 6.07) is 8.10. The number of fused-ring (bicyclic) bond motifs is 2. The Bertz CT molecular complexity index is 653. The first-order valence-corrected chi connectivity index (χ1v) is 7.84. The van der Waals surface area contributed by atoms with Crippen molar-refractivity contribution in [1.29, 1.82) is 0 Å². The Labute approximate surface area is 123 Å². The standard InChI is InChI=1S/C17H17NO3/c19-16(18-6-5-9-3-1-2-4-12(9)18)14-10-7-11-13(8-10)21-17(20)15(11)14/h1-4,10-11,13-15H,5-8H2. The average molecular weight is 283 g/mol. The first-order chi connectivity index (χ1) is 10.2. The summed E-state index contributed by atoms with van der Waals surface area (Å²) < 4.78 is 5.44. The molecule has 1 aromatic rings. The summed E-state index contributed by atoms with van der Waals surface area (Å²) in [5, 5.41) is 0. The summed E-state index contributed by atoms with van der Waals surface area (Å²) in [7, 11) is 0. The predicted octanol–water partition coefficient (Wildman–Crippen LogP) is 1.77. The first kappa shape index (κ1) is 11.8. The molecule has 5 unspecified atom stereocenters. The number of hydrogen-bond donors (Lipinski definition) is 0. The Morgan fingerprint density at radius 2 is 2.10 bits per heavy atom. The van der Waals surface area contributed by atoms with E-state index in [4.69, 9.17) is 4.74 Å². The van der Waals surface area contributed by atoms with Crippen LogP contribution in [0.25, 0.3) is 0 Å². The van der Waals surface area contributed by atoms with Gasteiger partial charge in [0.1, 0.15) is 6.10 Å². The van der Waals surface area contributed by atoms with Crippen molar-refractivity contribution in [3.8, 4) is 0 Å². The smallest absolute Gasteiger partial charge is 0.310 e. The zero-order valence-corrected chi connectivity index (χ0v) is 11.7. The van der Waals surface area contributed by atoms with E-state index in [2.05, 4.69) is 6.07 Å². The van der Waals surface area contributed by atoms with Crippen molar-refractivity contribution < 1.29 is 14.3 Å². The monoisotopic (exact) mass is 283 g/mol. The number of para-hydroxylation sites is 1. The van der Waals surface area contributed by atoms with Gasteiger partial charge in [-0.05, 0) is 36.8 Å². The van der Waals surface area contributed by atoms with Crippen LogP contribution in [0.5, 0.6) is 0 Å². The van der Waals surface area contributed by atoms with Gasteiger partial charge >= 0.3 is 5.97 Å². The molecular weight excluding hydrogens is 266 g/mol. The molecule has 2 aliphatic heterocycles. The molecular formula is C17H17NO3. The lowest BCUT2D eigenvalue weighted by molar-refractivity contribution is -0.145. The molecule has 2 aliphatic carbocycles. The van der Waals surface area contributed by atoms with Gasteiger partial charge in [0.25, 0.3) is 0 Å². The van der Waals surface area contributed by atoms with Crippen molar-refractivity contribution in [2.45, 2.75) is 25.4 Å². The van der Waals surface area contributed by atoms with Crippen LogP contribution < -0.4 is 4.90 Å². The van der Waals surface area contributed by atoms with Crippen molar-refractivity contribution in [2.75, 3.05) is 11.4 Å². The molecule has 2 saturated carbocycles. The maximum Gasteiger partial charge on any atom is 0.310 e. The second-order valence-corrected chi connectivity index (χ2v) is 6.79. The molecule has 0 N–H and O–H groups in total. The fourth-order valence-corrected chi connectivity index (χ4v) is 5.09. The molecule has 108 valence electrons. The Balaban J connectivity index is 1.49. The number of ether oxygens (including phenoxy) is 1. The summed E-state index contributed by atoms with van der Waals surface area (Å²) in [6.45, 7) is 0.747. The van der Waals surface area contributed by atoms with E-state index in [0.717, 1.165) is 31.5 Å². The minimum atomic E-state index is -0.172. The number of carbonyl (C=O) groups excluding carboxylic acids is 2. The molecule has 4 heteroatoms. The summed E-state index contributed by atoms with van der Waals surface area (Å²) >= 11 is 0. The third-order valence-electron chi connectivity index (χ3n) is 5.92. The van der Waals surface area contributed by atoms with E-state index in [9.17, 15) is 9.59 Å². The molecule has 4 nitrogen and oxygen atoms in total. The van der Waals surface area contributed by atoms with Gasteiger partial charge in [0.15, 0.2) is 0 Å². The molecule has 3 fully saturated rings. The van der Waals surface area contributed by atoms with Crippen molar-refractivity contribution >= 4 is 17.6 Å². The maximum absolute atomic E-state index is 13.1. The minimum absolute atomic E-state index is 0.0995. The number of esters is 1. The fraction of sp³-hybridized carbons (Fsp3) is 0.529. The summed E-state index contributed by atoms with van der Waals surface area (Å²) in [5.41, 5.74) is 2.27. The van der Waals surface area contributed by atoms with E-state index in [1.54, 1.807) is 0 Å². The molecule has 0 spiro atoms. The number of nitrogens with zero attached hydrogens (tertiary/aromatic N) is 1. The Kier molecular flexibility index (Phi) is 2.17. The van der Waals surface area contributed by atoms with Crippen LogP contribution in [0.15, 0.2) is 24.3 Å². The molecule has 2 heterocycles. The van der Waals surface area contributed by atoms with Gasteiger partial charge in [-0.15, -0.1) is 0 Å². The van der Waals surface area contributed by atoms with E-state index < -0.39 is 0 Å². The molecule has 4 aliphatic rings. The summed E-state index contributed by atoms with van der Waals surface area (Å²) in [5.74, 6) is 0.345. The highest BCUT2D eigenvalue weighted by atomic mass is 16.6. The van der Waals surface area contributed by atoms with E-state index in [1.165, 1.54) is 5.56 Å². The Hall–Kier alpha value is -1.84. The van der Waals surface area contributed by atoms with Crippen LogP contribution in [0, 0.1) is 23.7 Å². The van der Waals surface area contributed by atoms with E-state index in [1.807, 2.05) is 23.1 Å². The topological polar surface area (TPSA) is 46.6 Å². The van der Waals surface area contributed by atoms with E-state index in [0.29, 0.717) is 11.8 Å². The lowest BCUT2D eigenvalue weighted by Gasteiger charge is -2.28. The van der Waals surface area contributed by atoms with Gasteiger partial charge in [-0.1, -0.05) is 18.2 Å². The predicted molar refractivity (Wildman–Crippen MR) is 75.6 cm³/mol. The number of hydrogen-bond acceptors (Lipinski definition) is 3. The van der Waals surface area contributed by atoms with Crippen molar-refractivity contribution in [1.82, 2.24) is 0 Å². The SMILES string of the molecule is O=C1OC2CC3CC2C1C3C(=O)N1CCc2ccccc21. The summed E-state index contributed by atoms with van der Waals surface area (Å²) in [6.07, 6.45) is 2.90. The van der Waals surface area contributed by atoms with Gasteiger partial charge in [0, 0.05) is 18.2 Å². The molecule has 1 aromatic carbocycles. The van der Waals surface area contributed by atoms with Crippen LogP contribution in [0.3, 0.4) is 0 Å². The van der Waals surface area contributed by atoms with Crippen molar-refractivity contribution in [2.24, 2.45) is 23.7 Å². The molecule has 0 radical (unpaired) electrons. The van der Waals surface area contributed by atoms with Crippen LogP contribution in [0.4, 0.5) is 5.69 Å². The van der Waals surface area contributed by atoms with Gasteiger partial charge in [0.05, 0.1) is 11.8 Å². The van der Waals surface area contributed by atoms with E-state index >= 15 is 0 Å². The lowest BCUT2D eigenvalue weighted by atomic mass is 9.79. The second kappa shape index (κ2) is 3.87. The number of carbonyl (C=O) groups is 2. The average Bonchev–Trinajstić information content (AvgIpc) is 3.19. The third-order valence-corrected chi connectivity index (χ3v) is 5.92. The highest BCUT2D eigenvalue weighted by Crippen LogP contribution is 2.58. The van der Waals surface area contributed by atoms with Crippen LogP contribution >= 0.6 is 0 Å². The number of anilines is 1. The van der Waals surface area contributed by atoms with Gasteiger partial charge in [0.2, 0.25) is 5.91 Å². The highest BCUT2D eigenvalue weighted by Gasteiger charge is 2.64. The minimum Gasteiger partial charge on any atom is -0.462 e. The number of rotatable bonds is 1. The zero-order chi connectivity index (χ0) is 14.1. The van der Waals surface area contributed by atoms with Crippen molar-refractivity contribution in [3.63, 3.8) is 0 Å². The molecule has 1 amide bonds. The second-order valence-electron chi connectivity index (χ2n) is 6.79. The summed E-state index contributed by atoms with van der Waals surface area (Å²) in [4.78, 5) is 27.0. The third kappa shape index (κ3) is 1.40. The van der Waals surface area contributed by atoms with Crippen LogP contribution in [0.1, 0.15) is 18.4 Å². The molecule has 2 bridgehead atoms. The number of benzene rings is 1. The number of amides is 1. The quantitative estimate of drug-likeness (QED) is 0.738. The van der Waals surface area contributed by atoms with Gasteiger partial charge in [-0.2, -0.15) is 0 Å². The molecule has 21 heavy (non-hydrogen) atoms. The Morgan fingerprint density at radius 3 is 3.00 bits per heavy atom. The molecule has 5 rings (SSSR count). The van der Waals surface area contributed by atoms with Gasteiger partial charge in [-0.3, -0.25) is 9.59 Å². The molecule has 1 saturated heterocycles. The maximum atomic E-state index is 13.1. The zero-order valence-electron chi connectivity index (χ0n) is 11.7. The normalized spacial score (nSPS) is 38.8. The van der Waals surface area contributed by atoms with Gasteiger partial charge < -0.3 is 9.64 Å². The van der Waals surface area contributed by atoms with Crippen molar-refractivity contribution in [3.05, 3.63) is 29.8 Å². The highest BCUT2D eigenvalue weighted by molar-refractivity contribution is 6.00. The van der Waals surface area contributed by atoms with Crippen LogP contribution in [0.2, 0.25) is 0 Å². The Morgan fingerprint density at radius 1 is 1.24 bits per heavy atom. The molecule has 5 atom stereocenters. The largest absolute Gasteiger partial charge is 0.462 e. The van der Waals surface area contributed by atoms with Crippen LogP contribution in [-0.2, 0) is 20.7 Å².